The van der Waals surface area contributed by atoms with E-state index in [-0.39, 0.29) is 12.8 Å². The molecule has 3 rings (SSSR count). The molecule has 0 aromatic heterocycles. The summed E-state index contributed by atoms with van der Waals surface area (Å²) in [5, 5.41) is 2.66. The van der Waals surface area contributed by atoms with E-state index in [1.807, 2.05) is 18.2 Å². The summed E-state index contributed by atoms with van der Waals surface area (Å²) < 4.78 is 15.3. The summed E-state index contributed by atoms with van der Waals surface area (Å²) in [6.07, 6.45) is 0. The number of carbonyl (C=O) groups excluding carboxylic acids is 2. The molecule has 1 atom stereocenters. The third-order valence-electron chi connectivity index (χ3n) is 4.40. The minimum atomic E-state index is -0.649. The second-order valence-corrected chi connectivity index (χ2v) is 6.15. The highest BCUT2D eigenvalue weighted by molar-refractivity contribution is 5.83. The molecule has 25 heavy (non-hydrogen) atoms. The molecule has 0 saturated carbocycles. The number of urea groups is 1. The Morgan fingerprint density at radius 3 is 2.64 bits per heavy atom. The van der Waals surface area contributed by atoms with Gasteiger partial charge in [-0.05, 0) is 24.6 Å². The van der Waals surface area contributed by atoms with Crippen LogP contribution >= 0.6 is 0 Å². The van der Waals surface area contributed by atoms with Gasteiger partial charge < -0.3 is 24.4 Å². The van der Waals surface area contributed by atoms with Gasteiger partial charge in [0.15, 0.2) is 11.5 Å². The fourth-order valence-corrected chi connectivity index (χ4v) is 2.92. The molecule has 1 aromatic carbocycles. The maximum Gasteiger partial charge on any atom is 0.328 e. The number of amides is 2. The Hall–Kier alpha value is -2.48. The number of nitrogens with zero attached hydrogens (tertiary/aromatic N) is 2. The molecule has 1 saturated heterocycles. The van der Waals surface area contributed by atoms with Crippen molar-refractivity contribution in [2.75, 3.05) is 40.1 Å². The van der Waals surface area contributed by atoms with Crippen LogP contribution in [0.2, 0.25) is 0 Å². The quantitative estimate of drug-likeness (QED) is 0.810. The number of rotatable bonds is 4. The van der Waals surface area contributed by atoms with Gasteiger partial charge >= 0.3 is 12.0 Å². The molecule has 1 aromatic rings. The van der Waals surface area contributed by atoms with E-state index in [1.165, 1.54) is 7.11 Å². The smallest absolute Gasteiger partial charge is 0.328 e. The number of hydrogen-bond acceptors (Lipinski definition) is 6. The first-order valence-electron chi connectivity index (χ1n) is 8.31. The fourth-order valence-electron chi connectivity index (χ4n) is 2.92. The maximum absolute atomic E-state index is 12.2. The van der Waals surface area contributed by atoms with Crippen LogP contribution in [0.3, 0.4) is 0 Å². The first-order valence-corrected chi connectivity index (χ1v) is 8.31. The molecule has 0 radical (unpaired) electrons. The van der Waals surface area contributed by atoms with Gasteiger partial charge in [-0.15, -0.1) is 0 Å². The molecule has 136 valence electrons. The number of esters is 1. The van der Waals surface area contributed by atoms with Crippen molar-refractivity contribution in [1.82, 2.24) is 15.1 Å². The van der Waals surface area contributed by atoms with Crippen LogP contribution in [0.25, 0.3) is 0 Å². The van der Waals surface area contributed by atoms with Crippen LogP contribution in [0.5, 0.6) is 11.5 Å². The highest BCUT2D eigenvalue weighted by Crippen LogP contribution is 2.32. The Morgan fingerprint density at radius 1 is 1.20 bits per heavy atom. The largest absolute Gasteiger partial charge is 0.467 e. The van der Waals surface area contributed by atoms with E-state index in [9.17, 15) is 9.59 Å². The monoisotopic (exact) mass is 349 g/mol. The molecule has 1 unspecified atom stereocenters. The summed E-state index contributed by atoms with van der Waals surface area (Å²) >= 11 is 0. The number of methoxy groups -OCH3 is 1. The van der Waals surface area contributed by atoms with Gasteiger partial charge in [0.05, 0.1) is 7.11 Å². The molecule has 2 aliphatic heterocycles. The van der Waals surface area contributed by atoms with Crippen LogP contribution in [-0.2, 0) is 16.1 Å². The van der Waals surface area contributed by atoms with Crippen LogP contribution in [0.4, 0.5) is 4.79 Å². The molecule has 2 heterocycles. The number of piperazine rings is 1. The lowest BCUT2D eigenvalue weighted by molar-refractivity contribution is -0.142. The molecule has 1 fully saturated rings. The first-order chi connectivity index (χ1) is 12.1. The van der Waals surface area contributed by atoms with E-state index in [0.717, 1.165) is 36.7 Å². The summed E-state index contributed by atoms with van der Waals surface area (Å²) in [5.74, 6) is 1.12. The van der Waals surface area contributed by atoms with E-state index in [1.54, 1.807) is 11.8 Å². The second kappa shape index (κ2) is 7.60. The molecule has 2 aliphatic rings. The Labute approximate surface area is 146 Å². The second-order valence-electron chi connectivity index (χ2n) is 6.15. The van der Waals surface area contributed by atoms with Crippen LogP contribution in [-0.4, -0.2) is 67.9 Å². The topological polar surface area (TPSA) is 80.3 Å². The first kappa shape index (κ1) is 17.3. The molecular formula is C17H23N3O5. The van der Waals surface area contributed by atoms with Crippen LogP contribution in [0, 0.1) is 0 Å². The van der Waals surface area contributed by atoms with Crippen LogP contribution in [0.15, 0.2) is 18.2 Å². The van der Waals surface area contributed by atoms with Crippen LogP contribution in [0.1, 0.15) is 12.5 Å². The third-order valence-corrected chi connectivity index (χ3v) is 4.40. The molecule has 1 N–H and O–H groups in total. The van der Waals surface area contributed by atoms with E-state index < -0.39 is 12.0 Å². The molecule has 8 heteroatoms. The van der Waals surface area contributed by atoms with E-state index in [2.05, 4.69) is 15.0 Å². The summed E-state index contributed by atoms with van der Waals surface area (Å²) in [5.41, 5.74) is 1.15. The van der Waals surface area contributed by atoms with Crippen molar-refractivity contribution < 1.29 is 23.8 Å². The van der Waals surface area contributed by atoms with E-state index in [0.29, 0.717) is 13.1 Å². The number of ether oxygens (including phenoxy) is 3. The van der Waals surface area contributed by atoms with Gasteiger partial charge in [0.2, 0.25) is 6.79 Å². The molecule has 0 bridgehead atoms. The molecule has 2 amide bonds. The zero-order chi connectivity index (χ0) is 17.8. The average Bonchev–Trinajstić information content (AvgIpc) is 3.09. The predicted octanol–water partition coefficient (Wildman–Crippen LogP) is 0.804. The number of nitrogens with one attached hydrogen (secondary N) is 1. The normalized spacial score (nSPS) is 17.9. The molecule has 0 spiro atoms. The Bertz CT molecular complexity index is 643. The minimum Gasteiger partial charge on any atom is -0.467 e. The summed E-state index contributed by atoms with van der Waals surface area (Å²) in [7, 11) is 1.31. The van der Waals surface area contributed by atoms with Gasteiger partial charge in [0, 0.05) is 32.7 Å². The fraction of sp³-hybridized carbons (Fsp3) is 0.529. The highest BCUT2D eigenvalue weighted by Gasteiger charge is 2.24. The van der Waals surface area contributed by atoms with Gasteiger partial charge in [0.25, 0.3) is 0 Å². The lowest BCUT2D eigenvalue weighted by Gasteiger charge is -2.35. The average molecular weight is 349 g/mol. The third kappa shape index (κ3) is 4.14. The molecule has 8 nitrogen and oxygen atoms in total. The standard InChI is InChI=1S/C17H23N3O5/c1-12(16(21)23-2)18-17(22)20-7-5-19(6-8-20)10-13-3-4-14-15(9-13)25-11-24-14/h3-4,9,12H,5-8,10-11H2,1-2H3,(H,18,22). The Balaban J connectivity index is 1.47. The summed E-state index contributed by atoms with van der Waals surface area (Å²) in [6, 6.07) is 5.07. The van der Waals surface area contributed by atoms with Gasteiger partial charge in [0.1, 0.15) is 6.04 Å². The Kier molecular flexibility index (Phi) is 5.28. The molecule has 0 aliphatic carbocycles. The van der Waals surface area contributed by atoms with Crippen molar-refractivity contribution in [2.45, 2.75) is 19.5 Å². The number of fused-ring (bicyclic) bond motifs is 1. The van der Waals surface area contributed by atoms with E-state index >= 15 is 0 Å². The predicted molar refractivity (Wildman–Crippen MR) is 89.4 cm³/mol. The van der Waals surface area contributed by atoms with Gasteiger partial charge in [-0.3, -0.25) is 4.90 Å². The van der Waals surface area contributed by atoms with Gasteiger partial charge in [-0.2, -0.15) is 0 Å². The Morgan fingerprint density at radius 2 is 1.92 bits per heavy atom. The lowest BCUT2D eigenvalue weighted by atomic mass is 10.1. The zero-order valence-corrected chi connectivity index (χ0v) is 14.5. The number of benzene rings is 1. The van der Waals surface area contributed by atoms with Crippen molar-refractivity contribution in [1.29, 1.82) is 0 Å². The maximum atomic E-state index is 12.2. The van der Waals surface area contributed by atoms with E-state index in [4.69, 9.17) is 9.47 Å². The van der Waals surface area contributed by atoms with Crippen molar-refractivity contribution in [2.24, 2.45) is 0 Å². The number of hydrogen-bond donors (Lipinski definition) is 1. The minimum absolute atomic E-state index is 0.236. The van der Waals surface area contributed by atoms with Crippen molar-refractivity contribution in [3.05, 3.63) is 23.8 Å². The summed E-state index contributed by atoms with van der Waals surface area (Å²) in [4.78, 5) is 27.6. The lowest BCUT2D eigenvalue weighted by Crippen LogP contribution is -2.54. The van der Waals surface area contributed by atoms with Crippen molar-refractivity contribution in [3.8, 4) is 11.5 Å². The van der Waals surface area contributed by atoms with Crippen molar-refractivity contribution >= 4 is 12.0 Å². The van der Waals surface area contributed by atoms with Crippen molar-refractivity contribution in [3.63, 3.8) is 0 Å². The summed E-state index contributed by atoms with van der Waals surface area (Å²) in [6.45, 7) is 5.46. The van der Waals surface area contributed by atoms with Crippen LogP contribution < -0.4 is 14.8 Å². The highest BCUT2D eigenvalue weighted by atomic mass is 16.7. The van der Waals surface area contributed by atoms with Gasteiger partial charge in [-0.1, -0.05) is 6.07 Å². The molecular weight excluding hydrogens is 326 g/mol. The van der Waals surface area contributed by atoms with Gasteiger partial charge in [-0.25, -0.2) is 9.59 Å². The zero-order valence-electron chi connectivity index (χ0n) is 14.5. The SMILES string of the molecule is COC(=O)C(C)NC(=O)N1CCN(Cc2ccc3c(c2)OCO3)CC1. The number of carbonyl (C=O) groups is 2.